The van der Waals surface area contributed by atoms with Crippen molar-refractivity contribution in [3.05, 3.63) is 65.5 Å². The molecule has 0 aromatic heterocycles. The van der Waals surface area contributed by atoms with Crippen molar-refractivity contribution >= 4 is 23.5 Å². The number of ether oxygens (including phenoxy) is 1. The normalized spacial score (nSPS) is 10.0. The summed E-state index contributed by atoms with van der Waals surface area (Å²) in [7, 11) is 1.52. The fourth-order valence-electron chi connectivity index (χ4n) is 2.06. The molecule has 130 valence electrons. The highest BCUT2D eigenvalue weighted by molar-refractivity contribution is 5.96. The molecule has 0 unspecified atom stereocenters. The molecule has 0 aliphatic rings. The number of amides is 2. The van der Waals surface area contributed by atoms with E-state index in [0.717, 1.165) is 0 Å². The van der Waals surface area contributed by atoms with Gasteiger partial charge in [-0.1, -0.05) is 12.1 Å². The summed E-state index contributed by atoms with van der Waals surface area (Å²) in [6.45, 7) is -0.453. The van der Waals surface area contributed by atoms with Crippen LogP contribution in [0.2, 0.25) is 0 Å². The predicted molar refractivity (Wildman–Crippen MR) is 89.5 cm³/mol. The molecule has 25 heavy (non-hydrogen) atoms. The van der Waals surface area contributed by atoms with Crippen LogP contribution in [-0.4, -0.2) is 31.4 Å². The Balaban J connectivity index is 1.80. The number of esters is 1. The number of rotatable bonds is 6. The quantitative estimate of drug-likeness (QED) is 0.784. The van der Waals surface area contributed by atoms with E-state index >= 15 is 0 Å². The third-order valence-electron chi connectivity index (χ3n) is 3.26. The number of carbonyl (C=O) groups is 3. The van der Waals surface area contributed by atoms with E-state index in [0.29, 0.717) is 16.8 Å². The molecule has 2 aromatic rings. The summed E-state index contributed by atoms with van der Waals surface area (Å²) < 4.78 is 17.9. The topological polar surface area (TPSA) is 84.5 Å². The maximum Gasteiger partial charge on any atom is 0.310 e. The van der Waals surface area contributed by atoms with Crippen LogP contribution < -0.4 is 10.6 Å². The Kier molecular flexibility index (Phi) is 6.22. The van der Waals surface area contributed by atoms with Crippen molar-refractivity contribution in [2.24, 2.45) is 0 Å². The highest BCUT2D eigenvalue weighted by Crippen LogP contribution is 2.10. The average molecular weight is 344 g/mol. The van der Waals surface area contributed by atoms with Crippen molar-refractivity contribution in [1.82, 2.24) is 5.32 Å². The summed E-state index contributed by atoms with van der Waals surface area (Å²) in [6.07, 6.45) is -0.119. The van der Waals surface area contributed by atoms with Crippen LogP contribution in [0.3, 0.4) is 0 Å². The summed E-state index contributed by atoms with van der Waals surface area (Å²) in [5, 5.41) is 5.04. The summed E-state index contributed by atoms with van der Waals surface area (Å²) in [6, 6.07) is 11.8. The van der Waals surface area contributed by atoms with Crippen LogP contribution in [0.1, 0.15) is 15.9 Å². The van der Waals surface area contributed by atoms with Gasteiger partial charge in [0.05, 0.1) is 6.42 Å². The molecule has 0 atom stereocenters. The summed E-state index contributed by atoms with van der Waals surface area (Å²) in [4.78, 5) is 34.9. The summed E-state index contributed by atoms with van der Waals surface area (Å²) >= 11 is 0. The lowest BCUT2D eigenvalue weighted by Gasteiger charge is -2.07. The Labute approximate surface area is 144 Å². The molecular formula is C18H17FN2O4. The predicted octanol–water partition coefficient (Wildman–Crippen LogP) is 1.91. The second-order valence-corrected chi connectivity index (χ2v) is 5.17. The number of nitrogens with one attached hydrogen (secondary N) is 2. The van der Waals surface area contributed by atoms with Crippen LogP contribution in [0.25, 0.3) is 0 Å². The number of anilines is 1. The Morgan fingerprint density at radius 1 is 1.08 bits per heavy atom. The van der Waals surface area contributed by atoms with E-state index in [1.54, 1.807) is 30.3 Å². The third-order valence-corrected chi connectivity index (χ3v) is 3.26. The molecule has 0 heterocycles. The van der Waals surface area contributed by atoms with Gasteiger partial charge in [0, 0.05) is 18.3 Å². The van der Waals surface area contributed by atoms with Crippen molar-refractivity contribution in [2.45, 2.75) is 6.42 Å². The van der Waals surface area contributed by atoms with Gasteiger partial charge in [-0.25, -0.2) is 4.39 Å². The Morgan fingerprint density at radius 2 is 1.80 bits per heavy atom. The van der Waals surface area contributed by atoms with Crippen molar-refractivity contribution < 1.29 is 23.5 Å². The van der Waals surface area contributed by atoms with Crippen LogP contribution in [0.15, 0.2) is 48.5 Å². The van der Waals surface area contributed by atoms with E-state index in [-0.39, 0.29) is 12.3 Å². The fraction of sp³-hybridized carbons (Fsp3) is 0.167. The molecule has 0 saturated carbocycles. The number of benzene rings is 2. The van der Waals surface area contributed by atoms with Gasteiger partial charge in [-0.2, -0.15) is 0 Å². The monoisotopic (exact) mass is 344 g/mol. The molecule has 2 amide bonds. The molecule has 0 spiro atoms. The lowest BCUT2D eigenvalue weighted by molar-refractivity contribution is -0.146. The van der Waals surface area contributed by atoms with Gasteiger partial charge in [-0.15, -0.1) is 0 Å². The molecule has 0 bridgehead atoms. The van der Waals surface area contributed by atoms with Crippen LogP contribution >= 0.6 is 0 Å². The first-order valence-electron chi connectivity index (χ1n) is 7.50. The molecule has 2 N–H and O–H groups in total. The van der Waals surface area contributed by atoms with Crippen LogP contribution in [-0.2, 0) is 20.7 Å². The number of hydrogen-bond acceptors (Lipinski definition) is 4. The molecule has 2 rings (SSSR count). The zero-order valence-electron chi connectivity index (χ0n) is 13.5. The van der Waals surface area contributed by atoms with Gasteiger partial charge in [0.2, 0.25) is 0 Å². The van der Waals surface area contributed by atoms with Crippen LogP contribution in [0, 0.1) is 5.82 Å². The first-order valence-corrected chi connectivity index (χ1v) is 7.50. The van der Waals surface area contributed by atoms with E-state index in [1.165, 1.54) is 25.2 Å². The van der Waals surface area contributed by atoms with Crippen LogP contribution in [0.4, 0.5) is 10.1 Å². The van der Waals surface area contributed by atoms with Crippen molar-refractivity contribution in [2.75, 3.05) is 19.0 Å². The smallest absolute Gasteiger partial charge is 0.310 e. The Morgan fingerprint density at radius 3 is 2.44 bits per heavy atom. The Bertz CT molecular complexity index is 775. The van der Waals surface area contributed by atoms with E-state index in [9.17, 15) is 18.8 Å². The maximum absolute atomic E-state index is 13.0. The molecule has 6 nitrogen and oxygen atoms in total. The molecule has 7 heteroatoms. The zero-order chi connectivity index (χ0) is 18.2. The van der Waals surface area contributed by atoms with E-state index < -0.39 is 24.3 Å². The molecule has 2 aromatic carbocycles. The molecule has 0 aliphatic carbocycles. The lowest BCUT2D eigenvalue weighted by atomic mass is 10.1. The van der Waals surface area contributed by atoms with Crippen LogP contribution in [0.5, 0.6) is 0 Å². The van der Waals surface area contributed by atoms with E-state index in [1.807, 2.05) is 0 Å². The molecular weight excluding hydrogens is 327 g/mol. The maximum atomic E-state index is 13.0. The standard InChI is InChI=1S/C18H17FN2O4/c1-20-18(24)13-5-7-15(8-6-13)21-16(22)11-25-17(23)10-12-3-2-4-14(19)9-12/h2-9H,10-11H2,1H3,(H,20,24)(H,21,22). The minimum absolute atomic E-state index is 0.119. The molecule has 0 fully saturated rings. The summed E-state index contributed by atoms with van der Waals surface area (Å²) in [5.41, 5.74) is 1.40. The third kappa shape index (κ3) is 5.72. The Hall–Kier alpha value is -3.22. The SMILES string of the molecule is CNC(=O)c1ccc(NC(=O)COC(=O)Cc2cccc(F)c2)cc1. The van der Waals surface area contributed by atoms with Gasteiger partial charge in [0.15, 0.2) is 6.61 Å². The average Bonchev–Trinajstić information content (AvgIpc) is 2.60. The largest absolute Gasteiger partial charge is 0.455 e. The molecule has 0 saturated heterocycles. The number of halogens is 1. The first-order chi connectivity index (χ1) is 12.0. The minimum Gasteiger partial charge on any atom is -0.455 e. The molecule has 0 aliphatic heterocycles. The molecule has 0 radical (unpaired) electrons. The van der Waals surface area contributed by atoms with Gasteiger partial charge in [0.25, 0.3) is 11.8 Å². The second kappa shape index (κ2) is 8.58. The highest BCUT2D eigenvalue weighted by Gasteiger charge is 2.10. The second-order valence-electron chi connectivity index (χ2n) is 5.17. The minimum atomic E-state index is -0.629. The number of carbonyl (C=O) groups excluding carboxylic acids is 3. The number of hydrogen-bond donors (Lipinski definition) is 2. The fourth-order valence-corrected chi connectivity index (χ4v) is 2.06. The zero-order valence-corrected chi connectivity index (χ0v) is 13.5. The van der Waals surface area contributed by atoms with Gasteiger partial charge in [0.1, 0.15) is 5.82 Å². The van der Waals surface area contributed by atoms with Gasteiger partial charge in [-0.05, 0) is 42.0 Å². The van der Waals surface area contributed by atoms with E-state index in [4.69, 9.17) is 4.74 Å². The van der Waals surface area contributed by atoms with Gasteiger partial charge >= 0.3 is 5.97 Å². The van der Waals surface area contributed by atoms with Crippen molar-refractivity contribution in [3.8, 4) is 0 Å². The van der Waals surface area contributed by atoms with Crippen molar-refractivity contribution in [1.29, 1.82) is 0 Å². The van der Waals surface area contributed by atoms with Gasteiger partial charge in [-0.3, -0.25) is 14.4 Å². The lowest BCUT2D eigenvalue weighted by Crippen LogP contribution is -2.22. The highest BCUT2D eigenvalue weighted by atomic mass is 19.1. The van der Waals surface area contributed by atoms with Gasteiger partial charge < -0.3 is 15.4 Å². The summed E-state index contributed by atoms with van der Waals surface area (Å²) in [5.74, 6) is -1.82. The van der Waals surface area contributed by atoms with E-state index in [2.05, 4.69) is 10.6 Å². The first kappa shape index (κ1) is 18.1. The van der Waals surface area contributed by atoms with Crippen molar-refractivity contribution in [3.63, 3.8) is 0 Å².